The minimum Gasteiger partial charge on any atom is -0.321 e. The lowest BCUT2D eigenvalue weighted by atomic mass is 10.1. The van der Waals surface area contributed by atoms with E-state index in [1.807, 2.05) is 0 Å². The smallest absolute Gasteiger partial charge is 0.256 e. The van der Waals surface area contributed by atoms with Crippen molar-refractivity contribution in [2.75, 3.05) is 11.9 Å². The summed E-state index contributed by atoms with van der Waals surface area (Å²) in [4.78, 5) is 16.0. The summed E-state index contributed by atoms with van der Waals surface area (Å²) in [6.07, 6.45) is 3.12. The van der Waals surface area contributed by atoms with E-state index < -0.39 is 5.82 Å². The number of carbonyl (C=O) groups excluding carboxylic acids is 1. The van der Waals surface area contributed by atoms with Crippen LogP contribution in [0.1, 0.15) is 15.9 Å². The summed E-state index contributed by atoms with van der Waals surface area (Å²) in [5, 5.41) is 2.67. The van der Waals surface area contributed by atoms with Crippen molar-refractivity contribution in [3.05, 3.63) is 59.7 Å². The van der Waals surface area contributed by atoms with Gasteiger partial charge in [-0.15, -0.1) is 0 Å². The summed E-state index contributed by atoms with van der Waals surface area (Å²) in [7, 11) is 0. The number of halogens is 1. The molecule has 1 aromatic carbocycles. The Morgan fingerprint density at radius 3 is 2.95 bits per heavy atom. The minimum absolute atomic E-state index is 0.139. The molecule has 3 N–H and O–H groups in total. The molecule has 0 bridgehead atoms. The second kappa shape index (κ2) is 6.45. The van der Waals surface area contributed by atoms with E-state index in [-0.39, 0.29) is 18.0 Å². The zero-order chi connectivity index (χ0) is 14.4. The number of nitrogens with zero attached hydrogens (tertiary/aromatic N) is 1. The maximum Gasteiger partial charge on any atom is 0.256 e. The summed E-state index contributed by atoms with van der Waals surface area (Å²) in [5.74, 6) is 4.47. The minimum atomic E-state index is -0.454. The molecule has 100 valence electrons. The van der Waals surface area contributed by atoms with Crippen molar-refractivity contribution in [1.82, 2.24) is 4.98 Å². The molecule has 1 amide bonds. The Balaban J connectivity index is 2.30. The number of anilines is 1. The number of hydrogen-bond donors (Lipinski definition) is 2. The van der Waals surface area contributed by atoms with Gasteiger partial charge in [-0.25, -0.2) is 4.39 Å². The normalized spacial score (nSPS) is 9.50. The first-order chi connectivity index (χ1) is 9.70. The van der Waals surface area contributed by atoms with Crippen LogP contribution in [0.5, 0.6) is 0 Å². The number of nitrogens with one attached hydrogen (secondary N) is 1. The molecule has 0 unspecified atom stereocenters. The molecule has 0 aliphatic rings. The molecule has 1 aromatic heterocycles. The predicted molar refractivity (Wildman–Crippen MR) is 74.5 cm³/mol. The van der Waals surface area contributed by atoms with Crippen LogP contribution in [-0.2, 0) is 0 Å². The number of hydrogen-bond acceptors (Lipinski definition) is 3. The number of carbonyl (C=O) groups is 1. The lowest BCUT2D eigenvalue weighted by molar-refractivity contribution is 0.102. The predicted octanol–water partition coefficient (Wildman–Crippen LogP) is 1.78. The molecule has 0 saturated carbocycles. The van der Waals surface area contributed by atoms with Crippen LogP contribution in [0.3, 0.4) is 0 Å². The highest BCUT2D eigenvalue weighted by Crippen LogP contribution is 2.13. The SMILES string of the molecule is NCC#Cc1cc(F)ccc1C(=O)Nc1cccnc1. The first kappa shape index (κ1) is 13.7. The molecule has 2 rings (SSSR count). The van der Waals surface area contributed by atoms with Crippen molar-refractivity contribution in [2.45, 2.75) is 0 Å². The molecule has 4 nitrogen and oxygen atoms in total. The molecule has 0 fully saturated rings. The van der Waals surface area contributed by atoms with Gasteiger partial charge < -0.3 is 11.1 Å². The monoisotopic (exact) mass is 269 g/mol. The van der Waals surface area contributed by atoms with Gasteiger partial charge in [0.15, 0.2) is 0 Å². The molecular formula is C15H12FN3O. The molecule has 0 saturated heterocycles. The highest BCUT2D eigenvalue weighted by Gasteiger charge is 2.11. The second-order valence-electron chi connectivity index (χ2n) is 3.89. The molecule has 0 aliphatic heterocycles. The fraction of sp³-hybridized carbons (Fsp3) is 0.0667. The maximum absolute atomic E-state index is 13.2. The van der Waals surface area contributed by atoms with Crippen LogP contribution in [0.15, 0.2) is 42.7 Å². The van der Waals surface area contributed by atoms with E-state index in [9.17, 15) is 9.18 Å². The van der Waals surface area contributed by atoms with E-state index in [0.717, 1.165) is 0 Å². The Kier molecular flexibility index (Phi) is 4.43. The van der Waals surface area contributed by atoms with E-state index >= 15 is 0 Å². The molecule has 0 aliphatic carbocycles. The van der Waals surface area contributed by atoms with Gasteiger partial charge in [0.2, 0.25) is 0 Å². The third-order valence-corrected chi connectivity index (χ3v) is 2.47. The van der Waals surface area contributed by atoms with Gasteiger partial charge in [0, 0.05) is 11.8 Å². The van der Waals surface area contributed by atoms with Crippen molar-refractivity contribution in [1.29, 1.82) is 0 Å². The standard InChI is InChI=1S/C15H12FN3O/c16-12-5-6-14(11(9-12)3-1-7-17)15(20)19-13-4-2-8-18-10-13/h2,4-6,8-10H,7,17H2,(H,19,20). The van der Waals surface area contributed by atoms with Gasteiger partial charge in [0.1, 0.15) is 5.82 Å². The van der Waals surface area contributed by atoms with Gasteiger partial charge in [-0.3, -0.25) is 9.78 Å². The van der Waals surface area contributed by atoms with Crippen molar-refractivity contribution in [3.8, 4) is 11.8 Å². The second-order valence-corrected chi connectivity index (χ2v) is 3.89. The first-order valence-corrected chi connectivity index (χ1v) is 5.90. The largest absolute Gasteiger partial charge is 0.321 e. The number of nitrogens with two attached hydrogens (primary N) is 1. The van der Waals surface area contributed by atoms with Crippen LogP contribution in [0, 0.1) is 17.7 Å². The molecule has 1 heterocycles. The summed E-state index contributed by atoms with van der Waals surface area (Å²) in [6, 6.07) is 7.23. The molecule has 0 radical (unpaired) electrons. The van der Waals surface area contributed by atoms with Crippen LogP contribution in [-0.4, -0.2) is 17.4 Å². The highest BCUT2D eigenvalue weighted by molar-refractivity contribution is 6.05. The molecule has 20 heavy (non-hydrogen) atoms. The van der Waals surface area contributed by atoms with E-state index in [2.05, 4.69) is 22.1 Å². The zero-order valence-electron chi connectivity index (χ0n) is 10.6. The number of aromatic nitrogens is 1. The van der Waals surface area contributed by atoms with E-state index in [0.29, 0.717) is 11.3 Å². The lowest BCUT2D eigenvalue weighted by Crippen LogP contribution is -2.14. The van der Waals surface area contributed by atoms with Crippen LogP contribution < -0.4 is 11.1 Å². The quantitative estimate of drug-likeness (QED) is 0.817. The molecular weight excluding hydrogens is 257 g/mol. The lowest BCUT2D eigenvalue weighted by Gasteiger charge is -2.06. The fourth-order valence-electron chi connectivity index (χ4n) is 1.60. The summed E-state index contributed by atoms with van der Waals surface area (Å²) in [5.41, 5.74) is 6.43. The topological polar surface area (TPSA) is 68.0 Å². The third-order valence-electron chi connectivity index (χ3n) is 2.47. The summed E-state index contributed by atoms with van der Waals surface area (Å²) in [6.45, 7) is 0.139. The van der Waals surface area contributed by atoms with Gasteiger partial charge in [-0.2, -0.15) is 0 Å². The summed E-state index contributed by atoms with van der Waals surface area (Å²) < 4.78 is 13.2. The number of pyridine rings is 1. The van der Waals surface area contributed by atoms with Gasteiger partial charge in [-0.05, 0) is 30.3 Å². The molecule has 0 spiro atoms. The number of benzene rings is 1. The maximum atomic E-state index is 13.2. The average molecular weight is 269 g/mol. The van der Waals surface area contributed by atoms with Crippen molar-refractivity contribution in [2.24, 2.45) is 5.73 Å². The van der Waals surface area contributed by atoms with Gasteiger partial charge in [0.25, 0.3) is 5.91 Å². The first-order valence-electron chi connectivity index (χ1n) is 5.90. The fourth-order valence-corrected chi connectivity index (χ4v) is 1.60. The Morgan fingerprint density at radius 2 is 2.25 bits per heavy atom. The zero-order valence-corrected chi connectivity index (χ0v) is 10.6. The van der Waals surface area contributed by atoms with Crippen LogP contribution in [0.25, 0.3) is 0 Å². The van der Waals surface area contributed by atoms with Crippen LogP contribution in [0.2, 0.25) is 0 Å². The van der Waals surface area contributed by atoms with Gasteiger partial charge in [-0.1, -0.05) is 11.8 Å². The van der Waals surface area contributed by atoms with Crippen molar-refractivity contribution >= 4 is 11.6 Å². The summed E-state index contributed by atoms with van der Waals surface area (Å²) >= 11 is 0. The molecule has 5 heteroatoms. The van der Waals surface area contributed by atoms with Crippen molar-refractivity contribution < 1.29 is 9.18 Å². The Labute approximate surface area is 115 Å². The molecule has 2 aromatic rings. The Bertz CT molecular complexity index is 675. The molecule has 0 atom stereocenters. The highest BCUT2D eigenvalue weighted by atomic mass is 19.1. The van der Waals surface area contributed by atoms with Gasteiger partial charge in [0.05, 0.1) is 24.0 Å². The van der Waals surface area contributed by atoms with Crippen LogP contribution >= 0.6 is 0 Å². The Morgan fingerprint density at radius 1 is 1.40 bits per heavy atom. The van der Waals surface area contributed by atoms with Crippen LogP contribution in [0.4, 0.5) is 10.1 Å². The van der Waals surface area contributed by atoms with E-state index in [4.69, 9.17) is 5.73 Å². The Hall–Kier alpha value is -2.71. The van der Waals surface area contributed by atoms with Crippen molar-refractivity contribution in [3.63, 3.8) is 0 Å². The average Bonchev–Trinajstić information content (AvgIpc) is 2.46. The van der Waals surface area contributed by atoms with Gasteiger partial charge >= 0.3 is 0 Å². The third kappa shape index (κ3) is 3.40. The number of amides is 1. The number of rotatable bonds is 2. The van der Waals surface area contributed by atoms with E-state index in [1.54, 1.807) is 18.3 Å². The van der Waals surface area contributed by atoms with E-state index in [1.165, 1.54) is 24.4 Å².